The average molecular weight is 264 g/mol. The molecule has 1 heterocycles. The second kappa shape index (κ2) is 6.43. The summed E-state index contributed by atoms with van der Waals surface area (Å²) in [6.45, 7) is 1.44. The highest BCUT2D eigenvalue weighted by atomic mass is 16.5. The Balaban J connectivity index is 1.85. The fourth-order valence-electron chi connectivity index (χ4n) is 2.16. The number of nitrogens with two attached hydrogens (primary N) is 1. The SMILES string of the molecule is COc1cccc(OCC(=O)N2CCC[C@H](N)C2)c1. The molecule has 0 spiro atoms. The van der Waals surface area contributed by atoms with Gasteiger partial charge in [-0.3, -0.25) is 4.79 Å². The van der Waals surface area contributed by atoms with Crippen molar-refractivity contribution in [3.05, 3.63) is 24.3 Å². The molecule has 0 bridgehead atoms. The summed E-state index contributed by atoms with van der Waals surface area (Å²) in [7, 11) is 1.60. The summed E-state index contributed by atoms with van der Waals surface area (Å²) >= 11 is 0. The number of carbonyl (C=O) groups excluding carboxylic acids is 1. The summed E-state index contributed by atoms with van der Waals surface area (Å²) in [6.07, 6.45) is 1.95. The van der Waals surface area contributed by atoms with Crippen LogP contribution in [0.2, 0.25) is 0 Å². The maximum atomic E-state index is 12.0. The highest BCUT2D eigenvalue weighted by Gasteiger charge is 2.21. The van der Waals surface area contributed by atoms with Crippen LogP contribution in [0.3, 0.4) is 0 Å². The van der Waals surface area contributed by atoms with Crippen molar-refractivity contribution in [1.82, 2.24) is 4.90 Å². The molecule has 1 aromatic rings. The van der Waals surface area contributed by atoms with E-state index in [9.17, 15) is 4.79 Å². The van der Waals surface area contributed by atoms with Crippen LogP contribution in [0.5, 0.6) is 11.5 Å². The number of amides is 1. The molecule has 0 saturated carbocycles. The molecule has 0 unspecified atom stereocenters. The zero-order chi connectivity index (χ0) is 13.7. The fourth-order valence-corrected chi connectivity index (χ4v) is 2.16. The number of likely N-dealkylation sites (tertiary alicyclic amines) is 1. The highest BCUT2D eigenvalue weighted by molar-refractivity contribution is 5.78. The van der Waals surface area contributed by atoms with Crippen LogP contribution < -0.4 is 15.2 Å². The number of ether oxygens (including phenoxy) is 2. The van der Waals surface area contributed by atoms with E-state index in [1.54, 1.807) is 24.1 Å². The minimum Gasteiger partial charge on any atom is -0.497 e. The summed E-state index contributed by atoms with van der Waals surface area (Å²) in [4.78, 5) is 13.8. The van der Waals surface area contributed by atoms with E-state index in [0.29, 0.717) is 18.0 Å². The molecule has 0 aliphatic carbocycles. The first-order valence-corrected chi connectivity index (χ1v) is 6.49. The van der Waals surface area contributed by atoms with Gasteiger partial charge in [-0.25, -0.2) is 0 Å². The lowest BCUT2D eigenvalue weighted by Crippen LogP contribution is -2.47. The van der Waals surface area contributed by atoms with Crippen LogP contribution in [-0.4, -0.2) is 43.7 Å². The normalized spacial score (nSPS) is 19.1. The molecule has 2 rings (SSSR count). The second-order valence-corrected chi connectivity index (χ2v) is 4.71. The van der Waals surface area contributed by atoms with Crippen molar-refractivity contribution in [3.8, 4) is 11.5 Å². The molecule has 19 heavy (non-hydrogen) atoms. The molecule has 2 N–H and O–H groups in total. The van der Waals surface area contributed by atoms with Crippen LogP contribution in [0.25, 0.3) is 0 Å². The Kier molecular flexibility index (Phi) is 4.63. The predicted octanol–water partition coefficient (Wildman–Crippen LogP) is 1.02. The number of hydrogen-bond donors (Lipinski definition) is 1. The van der Waals surface area contributed by atoms with Crippen LogP contribution in [0.4, 0.5) is 0 Å². The Labute approximate surface area is 113 Å². The molecule has 1 atom stereocenters. The molecule has 1 aliphatic heterocycles. The largest absolute Gasteiger partial charge is 0.497 e. The van der Waals surface area contributed by atoms with Gasteiger partial charge >= 0.3 is 0 Å². The lowest BCUT2D eigenvalue weighted by molar-refractivity contribution is -0.134. The molecule has 5 heteroatoms. The van der Waals surface area contributed by atoms with Crippen molar-refractivity contribution in [2.24, 2.45) is 5.73 Å². The number of piperidine rings is 1. The van der Waals surface area contributed by atoms with Crippen molar-refractivity contribution >= 4 is 5.91 Å². The van der Waals surface area contributed by atoms with Crippen molar-refractivity contribution in [2.75, 3.05) is 26.8 Å². The van der Waals surface area contributed by atoms with Gasteiger partial charge in [0, 0.05) is 25.2 Å². The molecule has 1 saturated heterocycles. The zero-order valence-electron chi connectivity index (χ0n) is 11.2. The number of nitrogens with zero attached hydrogens (tertiary/aromatic N) is 1. The summed E-state index contributed by atoms with van der Waals surface area (Å²) in [5, 5.41) is 0. The molecule has 5 nitrogen and oxygen atoms in total. The standard InChI is InChI=1S/C14H20N2O3/c1-18-12-5-2-6-13(8-12)19-10-14(17)16-7-3-4-11(15)9-16/h2,5-6,8,11H,3-4,7,9-10,15H2,1H3/t11-/m0/s1. The molecule has 1 aromatic carbocycles. The van der Waals surface area contributed by atoms with Gasteiger partial charge in [-0.1, -0.05) is 6.07 Å². The van der Waals surface area contributed by atoms with Gasteiger partial charge in [0.1, 0.15) is 11.5 Å². The van der Waals surface area contributed by atoms with Crippen molar-refractivity contribution in [3.63, 3.8) is 0 Å². The van der Waals surface area contributed by atoms with Gasteiger partial charge < -0.3 is 20.1 Å². The van der Waals surface area contributed by atoms with Crippen LogP contribution in [0.15, 0.2) is 24.3 Å². The summed E-state index contributed by atoms with van der Waals surface area (Å²) in [6, 6.07) is 7.32. The van der Waals surface area contributed by atoms with E-state index >= 15 is 0 Å². The molecule has 1 aliphatic rings. The molecular weight excluding hydrogens is 244 g/mol. The predicted molar refractivity (Wildman–Crippen MR) is 72.3 cm³/mol. The summed E-state index contributed by atoms with van der Waals surface area (Å²) < 4.78 is 10.6. The van der Waals surface area contributed by atoms with Crippen molar-refractivity contribution in [1.29, 1.82) is 0 Å². The van der Waals surface area contributed by atoms with E-state index in [1.807, 2.05) is 12.1 Å². The zero-order valence-corrected chi connectivity index (χ0v) is 11.2. The molecule has 104 valence electrons. The van der Waals surface area contributed by atoms with Gasteiger partial charge in [0.05, 0.1) is 7.11 Å². The van der Waals surface area contributed by atoms with E-state index in [1.165, 1.54) is 0 Å². The highest BCUT2D eigenvalue weighted by Crippen LogP contribution is 2.19. The lowest BCUT2D eigenvalue weighted by Gasteiger charge is -2.30. The first kappa shape index (κ1) is 13.7. The van der Waals surface area contributed by atoms with Crippen LogP contribution in [0.1, 0.15) is 12.8 Å². The van der Waals surface area contributed by atoms with Crippen LogP contribution >= 0.6 is 0 Å². The van der Waals surface area contributed by atoms with Gasteiger partial charge in [-0.15, -0.1) is 0 Å². The fraction of sp³-hybridized carbons (Fsp3) is 0.500. The summed E-state index contributed by atoms with van der Waals surface area (Å²) in [5.74, 6) is 1.33. The Bertz CT molecular complexity index is 436. The second-order valence-electron chi connectivity index (χ2n) is 4.71. The number of rotatable bonds is 4. The van der Waals surface area contributed by atoms with Crippen molar-refractivity contribution in [2.45, 2.75) is 18.9 Å². The van der Waals surface area contributed by atoms with Crippen LogP contribution in [-0.2, 0) is 4.79 Å². The maximum absolute atomic E-state index is 12.0. The quantitative estimate of drug-likeness (QED) is 0.882. The third-order valence-electron chi connectivity index (χ3n) is 3.21. The van der Waals surface area contributed by atoms with E-state index in [0.717, 1.165) is 19.4 Å². The topological polar surface area (TPSA) is 64.8 Å². The lowest BCUT2D eigenvalue weighted by atomic mass is 10.1. The third-order valence-corrected chi connectivity index (χ3v) is 3.21. The number of hydrogen-bond acceptors (Lipinski definition) is 4. The Morgan fingerprint density at radius 2 is 2.26 bits per heavy atom. The molecule has 0 radical (unpaired) electrons. The first-order valence-electron chi connectivity index (χ1n) is 6.49. The molecule has 1 fully saturated rings. The Morgan fingerprint density at radius 1 is 1.47 bits per heavy atom. The summed E-state index contributed by atoms with van der Waals surface area (Å²) in [5.41, 5.74) is 5.86. The third kappa shape index (κ3) is 3.86. The van der Waals surface area contributed by atoms with E-state index in [4.69, 9.17) is 15.2 Å². The van der Waals surface area contributed by atoms with E-state index in [-0.39, 0.29) is 18.6 Å². The number of methoxy groups -OCH3 is 1. The molecule has 0 aromatic heterocycles. The monoisotopic (exact) mass is 264 g/mol. The van der Waals surface area contributed by atoms with Crippen LogP contribution in [0, 0.1) is 0 Å². The average Bonchev–Trinajstić information content (AvgIpc) is 2.45. The molecule has 1 amide bonds. The van der Waals surface area contributed by atoms with Crippen molar-refractivity contribution < 1.29 is 14.3 Å². The number of carbonyl (C=O) groups is 1. The smallest absolute Gasteiger partial charge is 0.260 e. The van der Waals surface area contributed by atoms with Gasteiger partial charge in [0.2, 0.25) is 0 Å². The molecular formula is C14H20N2O3. The van der Waals surface area contributed by atoms with E-state index in [2.05, 4.69) is 0 Å². The minimum absolute atomic E-state index is 0.0158. The van der Waals surface area contributed by atoms with E-state index < -0.39 is 0 Å². The minimum atomic E-state index is -0.0158. The van der Waals surface area contributed by atoms with Gasteiger partial charge in [-0.05, 0) is 25.0 Å². The number of benzene rings is 1. The van der Waals surface area contributed by atoms with Gasteiger partial charge in [-0.2, -0.15) is 0 Å². The first-order chi connectivity index (χ1) is 9.19. The Hall–Kier alpha value is -1.75. The maximum Gasteiger partial charge on any atom is 0.260 e. The van der Waals surface area contributed by atoms with Gasteiger partial charge in [0.25, 0.3) is 5.91 Å². The Morgan fingerprint density at radius 3 is 3.00 bits per heavy atom. The van der Waals surface area contributed by atoms with Gasteiger partial charge in [0.15, 0.2) is 6.61 Å².